The first-order valence-corrected chi connectivity index (χ1v) is 10.0. The summed E-state index contributed by atoms with van der Waals surface area (Å²) in [6.07, 6.45) is 3.98. The van der Waals surface area contributed by atoms with Crippen molar-refractivity contribution in [2.75, 3.05) is 13.7 Å². The number of ether oxygens (including phenoxy) is 1. The molecule has 6 heteroatoms. The number of nitrogens with one attached hydrogen (secondary N) is 2. The van der Waals surface area contributed by atoms with Crippen molar-refractivity contribution in [2.24, 2.45) is 4.99 Å². The standard InChI is InChI=1S/C24H26N4O.HI/c1-25-24(28-17-22-6-2-3-13-26-22)27-16-18-7-9-19(10-8-18)20-11-12-23-21(15-20)5-4-14-29-23;/h2-3,6-13,15H,4-5,14,16-17H2,1H3,(H2,25,27,28);1H. The molecule has 0 bridgehead atoms. The monoisotopic (exact) mass is 514 g/mol. The molecule has 2 N–H and O–H groups in total. The second-order valence-corrected chi connectivity index (χ2v) is 7.07. The number of hydrogen-bond donors (Lipinski definition) is 2. The zero-order chi connectivity index (χ0) is 19.9. The summed E-state index contributed by atoms with van der Waals surface area (Å²) in [5.74, 6) is 1.79. The SMILES string of the molecule is CN=C(NCc1ccc(-c2ccc3c(c2)CCCO3)cc1)NCc1ccccn1.I. The number of nitrogens with zero attached hydrogens (tertiary/aromatic N) is 2. The lowest BCUT2D eigenvalue weighted by Crippen LogP contribution is -2.36. The molecule has 0 fully saturated rings. The van der Waals surface area contributed by atoms with Crippen molar-refractivity contribution in [2.45, 2.75) is 25.9 Å². The van der Waals surface area contributed by atoms with Crippen molar-refractivity contribution in [3.05, 3.63) is 83.7 Å². The number of pyridine rings is 1. The minimum atomic E-state index is 0. The Kier molecular flexibility index (Phi) is 8.07. The van der Waals surface area contributed by atoms with Crippen molar-refractivity contribution in [3.8, 4) is 16.9 Å². The van der Waals surface area contributed by atoms with Crippen molar-refractivity contribution in [1.82, 2.24) is 15.6 Å². The van der Waals surface area contributed by atoms with Gasteiger partial charge in [0.05, 0.1) is 18.8 Å². The van der Waals surface area contributed by atoms with Gasteiger partial charge in [-0.15, -0.1) is 24.0 Å². The summed E-state index contributed by atoms with van der Waals surface area (Å²) in [6, 6.07) is 21.0. The molecule has 1 aromatic heterocycles. The Balaban J connectivity index is 0.00000256. The number of halogens is 1. The topological polar surface area (TPSA) is 58.5 Å². The minimum absolute atomic E-state index is 0. The fraction of sp³-hybridized carbons (Fsp3) is 0.250. The van der Waals surface area contributed by atoms with E-state index in [1.165, 1.54) is 22.3 Å². The predicted octanol–water partition coefficient (Wildman–Crippen LogP) is 4.56. The molecule has 0 spiro atoms. The van der Waals surface area contributed by atoms with Gasteiger partial charge in [0.15, 0.2) is 5.96 Å². The molecule has 1 aliphatic rings. The number of rotatable bonds is 5. The van der Waals surface area contributed by atoms with E-state index in [9.17, 15) is 0 Å². The van der Waals surface area contributed by atoms with Gasteiger partial charge in [0.2, 0.25) is 0 Å². The van der Waals surface area contributed by atoms with Crippen LogP contribution in [0, 0.1) is 0 Å². The summed E-state index contributed by atoms with van der Waals surface area (Å²) >= 11 is 0. The molecule has 5 nitrogen and oxygen atoms in total. The maximum absolute atomic E-state index is 5.72. The fourth-order valence-corrected chi connectivity index (χ4v) is 3.44. The number of hydrogen-bond acceptors (Lipinski definition) is 3. The highest BCUT2D eigenvalue weighted by atomic mass is 127. The largest absolute Gasteiger partial charge is 0.493 e. The van der Waals surface area contributed by atoms with Crippen LogP contribution in [0.2, 0.25) is 0 Å². The Labute approximate surface area is 195 Å². The Hall–Kier alpha value is -2.61. The van der Waals surface area contributed by atoms with E-state index in [2.05, 4.69) is 63.1 Å². The number of guanidine groups is 1. The predicted molar refractivity (Wildman–Crippen MR) is 132 cm³/mol. The number of aliphatic imine (C=N–C) groups is 1. The molecule has 0 saturated carbocycles. The van der Waals surface area contributed by atoms with Crippen molar-refractivity contribution < 1.29 is 4.74 Å². The Morgan fingerprint density at radius 1 is 1.00 bits per heavy atom. The second-order valence-electron chi connectivity index (χ2n) is 7.07. The molecule has 2 heterocycles. The van der Waals surface area contributed by atoms with Gasteiger partial charge in [0.1, 0.15) is 5.75 Å². The van der Waals surface area contributed by atoms with Gasteiger partial charge in [-0.2, -0.15) is 0 Å². The van der Waals surface area contributed by atoms with Gasteiger partial charge in [0.25, 0.3) is 0 Å². The maximum Gasteiger partial charge on any atom is 0.191 e. The summed E-state index contributed by atoms with van der Waals surface area (Å²) in [4.78, 5) is 8.59. The van der Waals surface area contributed by atoms with Gasteiger partial charge in [-0.1, -0.05) is 36.4 Å². The molecule has 0 amide bonds. The first kappa shape index (κ1) is 22.1. The van der Waals surface area contributed by atoms with Gasteiger partial charge in [-0.3, -0.25) is 9.98 Å². The summed E-state index contributed by atoms with van der Waals surface area (Å²) in [6.45, 7) is 2.18. The zero-order valence-corrected chi connectivity index (χ0v) is 19.4. The normalized spacial score (nSPS) is 12.9. The Bertz CT molecular complexity index is 974. The number of aromatic nitrogens is 1. The molecule has 4 rings (SSSR count). The average Bonchev–Trinajstić information content (AvgIpc) is 2.80. The third kappa shape index (κ3) is 5.72. The van der Waals surface area contributed by atoms with Crippen LogP contribution in [0.1, 0.15) is 23.2 Å². The van der Waals surface area contributed by atoms with Crippen LogP contribution < -0.4 is 15.4 Å². The first-order chi connectivity index (χ1) is 14.3. The molecule has 0 aliphatic carbocycles. The third-order valence-electron chi connectivity index (χ3n) is 5.04. The van der Waals surface area contributed by atoms with Crippen LogP contribution in [0.25, 0.3) is 11.1 Å². The molecular formula is C24H27IN4O. The number of aryl methyl sites for hydroxylation is 1. The first-order valence-electron chi connectivity index (χ1n) is 10.0. The van der Waals surface area contributed by atoms with E-state index in [0.717, 1.165) is 36.9 Å². The average molecular weight is 514 g/mol. The van der Waals surface area contributed by atoms with E-state index in [1.807, 2.05) is 18.2 Å². The Morgan fingerprint density at radius 3 is 2.57 bits per heavy atom. The van der Waals surface area contributed by atoms with E-state index in [1.54, 1.807) is 13.2 Å². The Morgan fingerprint density at radius 2 is 1.80 bits per heavy atom. The molecule has 0 atom stereocenters. The summed E-state index contributed by atoms with van der Waals surface area (Å²) in [5.41, 5.74) is 5.95. The van der Waals surface area contributed by atoms with Gasteiger partial charge in [-0.25, -0.2) is 0 Å². The summed E-state index contributed by atoms with van der Waals surface area (Å²) in [5, 5.41) is 6.64. The number of benzene rings is 2. The third-order valence-corrected chi connectivity index (χ3v) is 5.04. The van der Waals surface area contributed by atoms with E-state index in [0.29, 0.717) is 13.1 Å². The van der Waals surface area contributed by atoms with Crippen LogP contribution in [0.5, 0.6) is 5.75 Å². The second kappa shape index (κ2) is 11.0. The van der Waals surface area contributed by atoms with Crippen LogP contribution in [0.3, 0.4) is 0 Å². The van der Waals surface area contributed by atoms with Gasteiger partial charge < -0.3 is 15.4 Å². The van der Waals surface area contributed by atoms with Gasteiger partial charge >= 0.3 is 0 Å². The van der Waals surface area contributed by atoms with E-state index in [-0.39, 0.29) is 24.0 Å². The van der Waals surface area contributed by atoms with Crippen LogP contribution in [0.4, 0.5) is 0 Å². The fourth-order valence-electron chi connectivity index (χ4n) is 3.44. The lowest BCUT2D eigenvalue weighted by molar-refractivity contribution is 0.288. The van der Waals surface area contributed by atoms with Gasteiger partial charge in [0, 0.05) is 19.8 Å². The van der Waals surface area contributed by atoms with Crippen molar-refractivity contribution in [3.63, 3.8) is 0 Å². The molecule has 1 aliphatic heterocycles. The quantitative estimate of drug-likeness (QED) is 0.298. The van der Waals surface area contributed by atoms with Crippen LogP contribution in [-0.4, -0.2) is 24.6 Å². The van der Waals surface area contributed by atoms with Crippen molar-refractivity contribution >= 4 is 29.9 Å². The molecule has 0 saturated heterocycles. The highest BCUT2D eigenvalue weighted by Crippen LogP contribution is 2.30. The maximum atomic E-state index is 5.72. The highest BCUT2D eigenvalue weighted by Gasteiger charge is 2.11. The minimum Gasteiger partial charge on any atom is -0.493 e. The zero-order valence-electron chi connectivity index (χ0n) is 17.1. The molecule has 0 unspecified atom stereocenters. The molecule has 2 aromatic carbocycles. The van der Waals surface area contributed by atoms with Gasteiger partial charge in [-0.05, 0) is 59.4 Å². The van der Waals surface area contributed by atoms with Crippen molar-refractivity contribution in [1.29, 1.82) is 0 Å². The molecular weight excluding hydrogens is 487 g/mol. The number of fused-ring (bicyclic) bond motifs is 1. The highest BCUT2D eigenvalue weighted by molar-refractivity contribution is 14.0. The molecule has 0 radical (unpaired) electrons. The molecule has 156 valence electrons. The van der Waals surface area contributed by atoms with E-state index in [4.69, 9.17) is 4.74 Å². The summed E-state index contributed by atoms with van der Waals surface area (Å²) in [7, 11) is 1.77. The van der Waals surface area contributed by atoms with Crippen LogP contribution in [0.15, 0.2) is 71.9 Å². The summed E-state index contributed by atoms with van der Waals surface area (Å²) < 4.78 is 5.72. The van der Waals surface area contributed by atoms with E-state index < -0.39 is 0 Å². The molecule has 30 heavy (non-hydrogen) atoms. The smallest absolute Gasteiger partial charge is 0.191 e. The van der Waals surface area contributed by atoms with E-state index >= 15 is 0 Å². The molecule has 3 aromatic rings. The lowest BCUT2D eigenvalue weighted by Gasteiger charge is -2.18. The lowest BCUT2D eigenvalue weighted by atomic mass is 9.98. The van der Waals surface area contributed by atoms with Crippen LogP contribution >= 0.6 is 24.0 Å². The van der Waals surface area contributed by atoms with Crippen LogP contribution in [-0.2, 0) is 19.5 Å².